The second kappa shape index (κ2) is 27.2. The van der Waals surface area contributed by atoms with E-state index < -0.39 is 12.7 Å². The van der Waals surface area contributed by atoms with E-state index in [0.29, 0.717) is 17.1 Å². The molecule has 0 saturated carbocycles. The molecular formula is C38H67F2NO4. The van der Waals surface area contributed by atoms with Crippen LogP contribution in [0.3, 0.4) is 0 Å². The maximum atomic E-state index is 13.6. The van der Waals surface area contributed by atoms with Crippen molar-refractivity contribution in [2.45, 2.75) is 194 Å². The fourth-order valence-electron chi connectivity index (χ4n) is 5.71. The molecule has 5 nitrogen and oxygen atoms in total. The normalized spacial score (nSPS) is 13.5. The molecule has 1 N–H and O–H groups in total. The number of benzene rings is 1. The summed E-state index contributed by atoms with van der Waals surface area (Å²) in [5, 5.41) is 3.28. The minimum atomic E-state index is -2.86. The Bertz CT molecular complexity index is 853. The second-order valence-corrected chi connectivity index (χ2v) is 12.8. The highest BCUT2D eigenvalue weighted by molar-refractivity contribution is 5.95. The van der Waals surface area contributed by atoms with Crippen LogP contribution in [-0.2, 0) is 4.74 Å². The quantitative estimate of drug-likeness (QED) is 0.0851. The van der Waals surface area contributed by atoms with E-state index >= 15 is 0 Å². The zero-order valence-electron chi connectivity index (χ0n) is 29.5. The van der Waals surface area contributed by atoms with Crippen molar-refractivity contribution in [3.05, 3.63) is 23.8 Å². The van der Waals surface area contributed by atoms with Crippen molar-refractivity contribution < 1.29 is 27.8 Å². The number of alkyl halides is 2. The van der Waals surface area contributed by atoms with Gasteiger partial charge in [-0.15, -0.1) is 0 Å². The number of hydrogen-bond donors (Lipinski definition) is 1. The van der Waals surface area contributed by atoms with Gasteiger partial charge in [0.25, 0.3) is 5.91 Å². The number of amides is 1. The molecule has 0 fully saturated rings. The van der Waals surface area contributed by atoms with Gasteiger partial charge in [0.05, 0.1) is 12.7 Å². The maximum Gasteiger partial charge on any atom is 0.345 e. The van der Waals surface area contributed by atoms with E-state index in [1.54, 1.807) is 25.1 Å². The fraction of sp³-hybridized carbons (Fsp3) is 0.816. The number of rotatable bonds is 30. The van der Waals surface area contributed by atoms with Gasteiger partial charge in [-0.2, -0.15) is 8.78 Å². The first-order chi connectivity index (χ1) is 21.8. The zero-order chi connectivity index (χ0) is 33.1. The van der Waals surface area contributed by atoms with Gasteiger partial charge in [-0.3, -0.25) is 4.79 Å². The first kappa shape index (κ1) is 41.1. The molecular weight excluding hydrogens is 572 g/mol. The molecule has 0 heterocycles. The van der Waals surface area contributed by atoms with Crippen LogP contribution in [0.5, 0.6) is 11.5 Å². The van der Waals surface area contributed by atoms with Gasteiger partial charge in [0.15, 0.2) is 0 Å². The van der Waals surface area contributed by atoms with E-state index in [-0.39, 0.29) is 24.7 Å². The molecule has 262 valence electrons. The van der Waals surface area contributed by atoms with Gasteiger partial charge >= 0.3 is 6.61 Å². The number of carbonyl (C=O) groups is 1. The minimum Gasteiger partial charge on any atom is -0.490 e. The largest absolute Gasteiger partial charge is 0.490 e. The van der Waals surface area contributed by atoms with Gasteiger partial charge < -0.3 is 19.5 Å². The monoisotopic (exact) mass is 640 g/mol. The van der Waals surface area contributed by atoms with E-state index in [1.165, 1.54) is 83.5 Å². The van der Waals surface area contributed by atoms with Crippen LogP contribution >= 0.6 is 0 Å². The zero-order valence-corrected chi connectivity index (χ0v) is 29.5. The molecule has 0 aromatic heterocycles. The Labute approximate surface area is 274 Å². The lowest BCUT2D eigenvalue weighted by Gasteiger charge is -2.22. The smallest absolute Gasteiger partial charge is 0.345 e. The van der Waals surface area contributed by atoms with Crippen LogP contribution in [0.25, 0.3) is 0 Å². The molecule has 7 heteroatoms. The predicted molar refractivity (Wildman–Crippen MR) is 184 cm³/mol. The van der Waals surface area contributed by atoms with Crippen LogP contribution in [0.2, 0.25) is 0 Å². The van der Waals surface area contributed by atoms with Gasteiger partial charge in [0, 0.05) is 17.7 Å². The summed E-state index contributed by atoms with van der Waals surface area (Å²) < 4.78 is 42.0. The van der Waals surface area contributed by atoms with Crippen LogP contribution in [-0.4, -0.2) is 37.4 Å². The summed E-state index contributed by atoms with van der Waals surface area (Å²) in [5.74, 6) is 0.839. The Morgan fingerprint density at radius 3 is 1.69 bits per heavy atom. The SMILES string of the molecule is CCCCCCCCCCCC(CC)Oc1cc(OC(C)COC(F)F)cc(C(=O)NC(CCCC)CCCCCCCC)c1. The van der Waals surface area contributed by atoms with E-state index in [1.807, 2.05) is 0 Å². The highest BCUT2D eigenvalue weighted by Gasteiger charge is 2.18. The molecule has 1 amide bonds. The summed E-state index contributed by atoms with van der Waals surface area (Å²) >= 11 is 0. The van der Waals surface area contributed by atoms with Crippen LogP contribution in [0.15, 0.2) is 18.2 Å². The van der Waals surface area contributed by atoms with Crippen LogP contribution in [0.4, 0.5) is 8.78 Å². The van der Waals surface area contributed by atoms with Crippen molar-refractivity contribution in [1.82, 2.24) is 5.32 Å². The number of nitrogens with one attached hydrogen (secondary N) is 1. The highest BCUT2D eigenvalue weighted by atomic mass is 19.3. The summed E-state index contributed by atoms with van der Waals surface area (Å²) in [6.45, 7) is 7.34. The molecule has 0 spiro atoms. The third kappa shape index (κ3) is 21.5. The topological polar surface area (TPSA) is 56.8 Å². The lowest BCUT2D eigenvalue weighted by molar-refractivity contribution is -0.142. The molecule has 1 aromatic carbocycles. The Morgan fingerprint density at radius 2 is 1.16 bits per heavy atom. The molecule has 1 rings (SSSR count). The molecule has 0 radical (unpaired) electrons. The van der Waals surface area contributed by atoms with E-state index in [0.717, 1.165) is 51.4 Å². The Kier molecular flexibility index (Phi) is 24.9. The first-order valence-electron chi connectivity index (χ1n) is 18.5. The van der Waals surface area contributed by atoms with E-state index in [4.69, 9.17) is 9.47 Å². The fourth-order valence-corrected chi connectivity index (χ4v) is 5.71. The van der Waals surface area contributed by atoms with Crippen molar-refractivity contribution in [1.29, 1.82) is 0 Å². The molecule has 45 heavy (non-hydrogen) atoms. The van der Waals surface area contributed by atoms with Crippen LogP contribution in [0.1, 0.15) is 180 Å². The molecule has 0 bridgehead atoms. The van der Waals surface area contributed by atoms with Crippen molar-refractivity contribution in [2.75, 3.05) is 6.61 Å². The lowest BCUT2D eigenvalue weighted by atomic mass is 10.0. The third-order valence-electron chi connectivity index (χ3n) is 8.47. The van der Waals surface area contributed by atoms with E-state index in [9.17, 15) is 13.6 Å². The Balaban J connectivity index is 2.89. The standard InChI is InChI=1S/C38H67F2NO4/c1-6-10-13-15-17-18-19-21-23-26-34(9-4)45-36-28-32(27-35(29-36)44-31(5)30-43-38(39)40)37(42)41-33(24-12-8-3)25-22-20-16-14-11-7-2/h27-29,31,33-34,38H,6-26,30H2,1-5H3,(H,41,42). The molecule has 0 saturated heterocycles. The summed E-state index contributed by atoms with van der Waals surface area (Å²) in [5.41, 5.74) is 0.465. The predicted octanol–water partition coefficient (Wildman–Crippen LogP) is 11.8. The molecule has 3 atom stereocenters. The number of carbonyl (C=O) groups excluding carboxylic acids is 1. The van der Waals surface area contributed by atoms with Gasteiger partial charge in [-0.25, -0.2) is 0 Å². The lowest BCUT2D eigenvalue weighted by Crippen LogP contribution is -2.35. The second-order valence-electron chi connectivity index (χ2n) is 12.8. The number of halogens is 2. The molecule has 0 aliphatic heterocycles. The van der Waals surface area contributed by atoms with Crippen LogP contribution in [0, 0.1) is 0 Å². The summed E-state index contributed by atoms with van der Waals surface area (Å²) in [7, 11) is 0. The maximum absolute atomic E-state index is 13.6. The van der Waals surface area contributed by atoms with Crippen molar-refractivity contribution in [3.63, 3.8) is 0 Å². The van der Waals surface area contributed by atoms with Gasteiger partial charge in [0.1, 0.15) is 17.6 Å². The van der Waals surface area contributed by atoms with Crippen molar-refractivity contribution in [2.24, 2.45) is 0 Å². The summed E-state index contributed by atoms with van der Waals surface area (Å²) in [6, 6.07) is 5.36. The first-order valence-corrected chi connectivity index (χ1v) is 18.5. The molecule has 3 unspecified atom stereocenters. The number of ether oxygens (including phenoxy) is 3. The summed E-state index contributed by atoms with van der Waals surface area (Å²) in [4.78, 5) is 13.6. The summed E-state index contributed by atoms with van der Waals surface area (Å²) in [6.07, 6.45) is 24.1. The molecule has 1 aromatic rings. The third-order valence-corrected chi connectivity index (χ3v) is 8.47. The number of hydrogen-bond acceptors (Lipinski definition) is 4. The average molecular weight is 640 g/mol. The average Bonchev–Trinajstić information content (AvgIpc) is 3.02. The minimum absolute atomic E-state index is 0.0327. The van der Waals surface area contributed by atoms with Crippen molar-refractivity contribution in [3.8, 4) is 11.5 Å². The highest BCUT2D eigenvalue weighted by Crippen LogP contribution is 2.27. The van der Waals surface area contributed by atoms with Gasteiger partial charge in [0.2, 0.25) is 0 Å². The van der Waals surface area contributed by atoms with Crippen LogP contribution < -0.4 is 14.8 Å². The van der Waals surface area contributed by atoms with Gasteiger partial charge in [-0.05, 0) is 51.2 Å². The van der Waals surface area contributed by atoms with E-state index in [2.05, 4.69) is 37.7 Å². The van der Waals surface area contributed by atoms with Crippen molar-refractivity contribution >= 4 is 5.91 Å². The molecule has 0 aliphatic rings. The Morgan fingerprint density at radius 1 is 0.667 bits per heavy atom. The molecule has 0 aliphatic carbocycles. The van der Waals surface area contributed by atoms with Gasteiger partial charge in [-0.1, -0.05) is 130 Å². The number of unbranched alkanes of at least 4 members (excludes halogenated alkanes) is 14. The Hall–Kier alpha value is -1.89.